The molecule has 2 aromatic carbocycles. The minimum absolute atomic E-state index is 0.0668. The predicted molar refractivity (Wildman–Crippen MR) is 110 cm³/mol. The van der Waals surface area contributed by atoms with Crippen molar-refractivity contribution >= 4 is 23.3 Å². The molecule has 2 aromatic rings. The molecule has 4 nitrogen and oxygen atoms in total. The first-order valence-corrected chi connectivity index (χ1v) is 10.4. The number of aryl methyl sites for hydroxylation is 1. The summed E-state index contributed by atoms with van der Waals surface area (Å²) in [5.41, 5.74) is -0.0956. The van der Waals surface area contributed by atoms with Gasteiger partial charge in [0, 0.05) is 31.0 Å². The monoisotopic (exact) mass is 451 g/mol. The number of ether oxygens (including phenoxy) is 1. The van der Waals surface area contributed by atoms with Crippen LogP contribution in [-0.2, 0) is 6.18 Å². The first-order chi connectivity index (χ1) is 14.5. The number of benzene rings is 2. The summed E-state index contributed by atoms with van der Waals surface area (Å²) >= 11 is 6.28. The minimum atomic E-state index is -4.61. The van der Waals surface area contributed by atoms with Crippen molar-refractivity contribution in [3.63, 3.8) is 0 Å². The molecule has 2 aliphatic rings. The minimum Gasteiger partial charge on any atom is -0.486 e. The van der Waals surface area contributed by atoms with Gasteiger partial charge in [0.1, 0.15) is 11.4 Å². The van der Waals surface area contributed by atoms with Crippen LogP contribution in [-0.4, -0.2) is 35.3 Å². The van der Waals surface area contributed by atoms with Crippen LogP contribution >= 0.6 is 11.6 Å². The molecule has 1 fully saturated rings. The molecule has 0 N–H and O–H groups in total. The molecule has 2 heterocycles. The lowest BCUT2D eigenvalue weighted by molar-refractivity contribution is -0.138. The topological polar surface area (TPSA) is 46.6 Å². The van der Waals surface area contributed by atoms with Gasteiger partial charge in [-0.1, -0.05) is 23.7 Å². The second-order valence-corrected chi connectivity index (χ2v) is 8.60. The lowest BCUT2D eigenvalue weighted by Crippen LogP contribution is -2.52. The molecular formula is C23H21ClF3NO3. The Morgan fingerprint density at radius 3 is 2.45 bits per heavy atom. The average Bonchev–Trinajstić information content (AvgIpc) is 2.71. The first-order valence-electron chi connectivity index (χ1n) is 10.00. The summed E-state index contributed by atoms with van der Waals surface area (Å²) in [6.07, 6.45) is -3.73. The van der Waals surface area contributed by atoms with Crippen molar-refractivity contribution < 1.29 is 27.5 Å². The van der Waals surface area contributed by atoms with Crippen molar-refractivity contribution in [2.24, 2.45) is 0 Å². The molecule has 1 amide bonds. The summed E-state index contributed by atoms with van der Waals surface area (Å²) in [6, 6.07) is 6.54. The predicted octanol–water partition coefficient (Wildman–Crippen LogP) is 5.62. The van der Waals surface area contributed by atoms with Crippen molar-refractivity contribution in [2.45, 2.75) is 44.9 Å². The summed E-state index contributed by atoms with van der Waals surface area (Å²) in [6.45, 7) is 4.04. The Balaban J connectivity index is 1.55. The Hall–Kier alpha value is -2.54. The molecule has 0 radical (unpaired) electrons. The number of carbonyl (C=O) groups excluding carboxylic acids is 2. The van der Waals surface area contributed by atoms with Gasteiger partial charge in [0.15, 0.2) is 5.78 Å². The van der Waals surface area contributed by atoms with E-state index in [-0.39, 0.29) is 30.9 Å². The fourth-order valence-electron chi connectivity index (χ4n) is 4.48. The highest BCUT2D eigenvalue weighted by molar-refractivity contribution is 6.32. The van der Waals surface area contributed by atoms with Crippen LogP contribution in [0.25, 0.3) is 0 Å². The highest BCUT2D eigenvalue weighted by Gasteiger charge is 2.45. The zero-order valence-electron chi connectivity index (χ0n) is 17.1. The lowest BCUT2D eigenvalue weighted by atomic mass is 9.81. The van der Waals surface area contributed by atoms with Gasteiger partial charge in [-0.25, -0.2) is 0 Å². The number of alkyl halides is 3. The third-order valence-electron chi connectivity index (χ3n) is 6.16. The quantitative estimate of drug-likeness (QED) is 0.565. The van der Waals surface area contributed by atoms with E-state index in [9.17, 15) is 22.8 Å². The van der Waals surface area contributed by atoms with Gasteiger partial charge in [-0.05, 0) is 43.2 Å². The van der Waals surface area contributed by atoms with E-state index in [1.165, 1.54) is 23.1 Å². The molecule has 0 bridgehead atoms. The molecule has 4 rings (SSSR count). The van der Waals surface area contributed by atoms with Crippen LogP contribution in [0.2, 0.25) is 5.02 Å². The molecule has 0 atom stereocenters. The van der Waals surface area contributed by atoms with Crippen LogP contribution in [0.4, 0.5) is 13.2 Å². The van der Waals surface area contributed by atoms with Crippen molar-refractivity contribution in [3.8, 4) is 5.75 Å². The van der Waals surface area contributed by atoms with E-state index in [0.717, 1.165) is 11.6 Å². The Morgan fingerprint density at radius 1 is 1.16 bits per heavy atom. The standard InChI is InChI=1S/C23H21ClF3NO3/c1-13-11-18-19(14(2)20(13)24)17(29)12-22(31-18)7-9-28(10-8-22)21(30)15-5-3-4-6-16(15)23(25,26)27/h3-6,11H,7-10,12H2,1-2H3. The van der Waals surface area contributed by atoms with E-state index in [2.05, 4.69) is 0 Å². The van der Waals surface area contributed by atoms with E-state index < -0.39 is 23.2 Å². The van der Waals surface area contributed by atoms with Gasteiger partial charge < -0.3 is 9.64 Å². The molecule has 2 aliphatic heterocycles. The molecule has 8 heteroatoms. The number of fused-ring (bicyclic) bond motifs is 1. The number of amides is 1. The van der Waals surface area contributed by atoms with Crippen molar-refractivity contribution in [1.29, 1.82) is 0 Å². The van der Waals surface area contributed by atoms with Gasteiger partial charge in [-0.2, -0.15) is 13.2 Å². The van der Waals surface area contributed by atoms with Crippen LogP contribution in [0.1, 0.15) is 56.7 Å². The van der Waals surface area contributed by atoms with Crippen LogP contribution in [0.15, 0.2) is 30.3 Å². The molecular weight excluding hydrogens is 431 g/mol. The zero-order valence-corrected chi connectivity index (χ0v) is 17.9. The van der Waals surface area contributed by atoms with E-state index in [4.69, 9.17) is 16.3 Å². The average molecular weight is 452 g/mol. The summed E-state index contributed by atoms with van der Waals surface area (Å²) in [7, 11) is 0. The second-order valence-electron chi connectivity index (χ2n) is 8.23. The number of carbonyl (C=O) groups is 2. The van der Waals surface area contributed by atoms with Gasteiger partial charge in [0.25, 0.3) is 5.91 Å². The number of piperidine rings is 1. The van der Waals surface area contributed by atoms with Crippen molar-refractivity contribution in [2.75, 3.05) is 13.1 Å². The second kappa shape index (κ2) is 7.55. The largest absolute Gasteiger partial charge is 0.486 e. The third kappa shape index (κ3) is 3.80. The maximum atomic E-state index is 13.3. The Morgan fingerprint density at radius 2 is 1.81 bits per heavy atom. The normalized spacial score (nSPS) is 18.0. The van der Waals surface area contributed by atoms with E-state index in [0.29, 0.717) is 34.7 Å². The van der Waals surface area contributed by atoms with Gasteiger partial charge in [0.2, 0.25) is 0 Å². The molecule has 164 valence electrons. The number of likely N-dealkylation sites (tertiary alicyclic amines) is 1. The van der Waals surface area contributed by atoms with E-state index in [1.54, 1.807) is 13.0 Å². The number of hydrogen-bond acceptors (Lipinski definition) is 3. The number of halogens is 4. The summed E-state index contributed by atoms with van der Waals surface area (Å²) < 4.78 is 46.2. The molecule has 0 aromatic heterocycles. The first kappa shape index (κ1) is 21.7. The van der Waals surface area contributed by atoms with Gasteiger partial charge in [0.05, 0.1) is 23.1 Å². The Kier molecular flexibility index (Phi) is 5.28. The molecule has 0 unspecified atom stereocenters. The summed E-state index contributed by atoms with van der Waals surface area (Å²) in [5, 5.41) is 0.537. The van der Waals surface area contributed by atoms with Gasteiger partial charge in [-0.15, -0.1) is 0 Å². The molecule has 0 aliphatic carbocycles. The fourth-order valence-corrected chi connectivity index (χ4v) is 4.63. The van der Waals surface area contributed by atoms with Crippen LogP contribution in [0, 0.1) is 13.8 Å². The maximum Gasteiger partial charge on any atom is 0.417 e. The zero-order chi connectivity index (χ0) is 22.6. The molecule has 31 heavy (non-hydrogen) atoms. The van der Waals surface area contributed by atoms with Crippen molar-refractivity contribution in [1.82, 2.24) is 4.90 Å². The summed E-state index contributed by atoms with van der Waals surface area (Å²) in [5.74, 6) is -0.246. The fraction of sp³-hybridized carbons (Fsp3) is 0.391. The van der Waals surface area contributed by atoms with Gasteiger partial charge >= 0.3 is 6.18 Å². The highest BCUT2D eigenvalue weighted by Crippen LogP contribution is 2.43. The number of nitrogens with zero attached hydrogens (tertiary/aromatic N) is 1. The maximum absolute atomic E-state index is 13.3. The Labute approximate surface area is 182 Å². The number of ketones is 1. The van der Waals surface area contributed by atoms with Crippen LogP contribution < -0.4 is 4.74 Å². The van der Waals surface area contributed by atoms with Crippen LogP contribution in [0.5, 0.6) is 5.75 Å². The lowest BCUT2D eigenvalue weighted by Gasteiger charge is -2.44. The SMILES string of the molecule is Cc1cc2c(c(C)c1Cl)C(=O)CC1(CCN(C(=O)c3ccccc3C(F)(F)F)CC1)O2. The van der Waals surface area contributed by atoms with Gasteiger partial charge in [-0.3, -0.25) is 9.59 Å². The number of rotatable bonds is 1. The van der Waals surface area contributed by atoms with Crippen LogP contribution in [0.3, 0.4) is 0 Å². The molecule has 0 saturated carbocycles. The third-order valence-corrected chi connectivity index (χ3v) is 6.74. The summed E-state index contributed by atoms with van der Waals surface area (Å²) in [4.78, 5) is 27.1. The highest BCUT2D eigenvalue weighted by atomic mass is 35.5. The number of Topliss-reactive ketones (excluding diaryl/α,β-unsaturated/α-hetero) is 1. The van der Waals surface area contributed by atoms with E-state index >= 15 is 0 Å². The number of hydrogen-bond donors (Lipinski definition) is 0. The molecule has 1 saturated heterocycles. The smallest absolute Gasteiger partial charge is 0.417 e. The van der Waals surface area contributed by atoms with Crippen molar-refractivity contribution in [3.05, 3.63) is 63.2 Å². The Bertz CT molecular complexity index is 1070. The molecule has 1 spiro atoms. The van der Waals surface area contributed by atoms with E-state index in [1.807, 2.05) is 6.92 Å².